The average Bonchev–Trinajstić information content (AvgIpc) is 2.30. The van der Waals surface area contributed by atoms with Gasteiger partial charge in [-0.3, -0.25) is 0 Å². The van der Waals surface area contributed by atoms with E-state index in [1.54, 1.807) is 6.07 Å². The number of benzene rings is 1. The Kier molecular flexibility index (Phi) is 5.82. The van der Waals surface area contributed by atoms with Crippen LogP contribution in [-0.2, 0) is 6.61 Å². The van der Waals surface area contributed by atoms with Crippen LogP contribution in [0.3, 0.4) is 0 Å². The van der Waals surface area contributed by atoms with E-state index in [-0.39, 0.29) is 19.0 Å². The largest absolute Gasteiger partial charge is 0.491 e. The topological polar surface area (TPSA) is 49.7 Å². The number of ether oxygens (including phenoxy) is 1. The molecule has 0 aliphatic heterocycles. The van der Waals surface area contributed by atoms with Gasteiger partial charge in [-0.1, -0.05) is 6.07 Å². The molecule has 1 rings (SSSR count). The molecule has 90 valence electrons. The molecule has 0 aliphatic rings. The number of hydrogen-bond donors (Lipinski definition) is 2. The Morgan fingerprint density at radius 3 is 2.56 bits per heavy atom. The van der Waals surface area contributed by atoms with Crippen LogP contribution >= 0.6 is 0 Å². The fourth-order valence-electron chi connectivity index (χ4n) is 1.33. The number of aliphatic hydroxyl groups is 2. The fourth-order valence-corrected chi connectivity index (χ4v) is 1.33. The first-order valence-electron chi connectivity index (χ1n) is 5.41. The Bertz CT molecular complexity index is 315. The number of rotatable bonds is 7. The second kappa shape index (κ2) is 7.19. The minimum absolute atomic E-state index is 0.173. The first-order chi connectivity index (χ1) is 7.77. The van der Waals surface area contributed by atoms with E-state index >= 15 is 0 Å². The molecule has 3 nitrogen and oxygen atoms in total. The van der Waals surface area contributed by atoms with Gasteiger partial charge in [-0.05, 0) is 37.0 Å². The summed E-state index contributed by atoms with van der Waals surface area (Å²) in [5, 5.41) is 17.4. The van der Waals surface area contributed by atoms with Crippen molar-refractivity contribution in [1.29, 1.82) is 0 Å². The highest BCUT2D eigenvalue weighted by atomic mass is 19.1. The molecule has 0 heterocycles. The van der Waals surface area contributed by atoms with Crippen LogP contribution < -0.4 is 4.74 Å². The van der Waals surface area contributed by atoms with Crippen LogP contribution in [-0.4, -0.2) is 23.4 Å². The molecule has 0 atom stereocenters. The van der Waals surface area contributed by atoms with Crippen molar-refractivity contribution in [3.8, 4) is 5.75 Å². The molecule has 0 unspecified atom stereocenters. The lowest BCUT2D eigenvalue weighted by molar-refractivity contribution is 0.260. The van der Waals surface area contributed by atoms with E-state index in [1.807, 2.05) is 0 Å². The predicted molar refractivity (Wildman–Crippen MR) is 58.8 cm³/mol. The van der Waals surface area contributed by atoms with E-state index in [0.717, 1.165) is 19.3 Å². The van der Waals surface area contributed by atoms with Crippen LogP contribution in [0.1, 0.15) is 24.8 Å². The van der Waals surface area contributed by atoms with Crippen LogP contribution in [0.25, 0.3) is 0 Å². The summed E-state index contributed by atoms with van der Waals surface area (Å²) >= 11 is 0. The zero-order valence-corrected chi connectivity index (χ0v) is 9.16. The monoisotopic (exact) mass is 228 g/mol. The van der Waals surface area contributed by atoms with Crippen molar-refractivity contribution in [2.75, 3.05) is 13.2 Å². The summed E-state index contributed by atoms with van der Waals surface area (Å²) in [5.41, 5.74) is 0.533. The standard InChI is InChI=1S/C12H17FO3/c13-11-8-10(9-15)4-5-12(11)16-7-3-1-2-6-14/h4-5,8,14-15H,1-3,6-7,9H2. The van der Waals surface area contributed by atoms with E-state index < -0.39 is 5.82 Å². The summed E-state index contributed by atoms with van der Waals surface area (Å²) in [6.45, 7) is 0.447. The van der Waals surface area contributed by atoms with Crippen LogP contribution in [0.4, 0.5) is 4.39 Å². The van der Waals surface area contributed by atoms with E-state index in [4.69, 9.17) is 14.9 Å². The molecule has 2 N–H and O–H groups in total. The summed E-state index contributed by atoms with van der Waals surface area (Å²) in [6.07, 6.45) is 2.41. The first-order valence-corrected chi connectivity index (χ1v) is 5.41. The lowest BCUT2D eigenvalue weighted by Gasteiger charge is -2.07. The molecular formula is C12H17FO3. The van der Waals surface area contributed by atoms with Crippen LogP contribution in [0, 0.1) is 5.82 Å². The van der Waals surface area contributed by atoms with Gasteiger partial charge in [0, 0.05) is 6.61 Å². The molecule has 0 amide bonds. The Labute approximate surface area is 94.5 Å². The van der Waals surface area contributed by atoms with Crippen molar-refractivity contribution >= 4 is 0 Å². The van der Waals surface area contributed by atoms with E-state index in [0.29, 0.717) is 12.2 Å². The van der Waals surface area contributed by atoms with Gasteiger partial charge in [0.25, 0.3) is 0 Å². The van der Waals surface area contributed by atoms with Crippen molar-refractivity contribution in [3.05, 3.63) is 29.6 Å². The van der Waals surface area contributed by atoms with Gasteiger partial charge in [-0.25, -0.2) is 4.39 Å². The summed E-state index contributed by atoms with van der Waals surface area (Å²) < 4.78 is 18.6. The average molecular weight is 228 g/mol. The molecule has 0 spiro atoms. The molecule has 0 saturated heterocycles. The highest BCUT2D eigenvalue weighted by molar-refractivity contribution is 5.28. The molecule has 0 radical (unpaired) electrons. The molecule has 0 aromatic heterocycles. The molecule has 0 saturated carbocycles. The maximum absolute atomic E-state index is 13.3. The van der Waals surface area contributed by atoms with Gasteiger partial charge in [0.05, 0.1) is 13.2 Å². The van der Waals surface area contributed by atoms with E-state index in [9.17, 15) is 4.39 Å². The maximum atomic E-state index is 13.3. The van der Waals surface area contributed by atoms with Crippen molar-refractivity contribution < 1.29 is 19.3 Å². The lowest BCUT2D eigenvalue weighted by atomic mass is 10.2. The third-order valence-electron chi connectivity index (χ3n) is 2.24. The third-order valence-corrected chi connectivity index (χ3v) is 2.24. The van der Waals surface area contributed by atoms with Gasteiger partial charge in [-0.2, -0.15) is 0 Å². The molecule has 1 aromatic rings. The lowest BCUT2D eigenvalue weighted by Crippen LogP contribution is -2.00. The maximum Gasteiger partial charge on any atom is 0.165 e. The van der Waals surface area contributed by atoms with Crippen LogP contribution in [0.2, 0.25) is 0 Å². The molecule has 0 aliphatic carbocycles. The minimum Gasteiger partial charge on any atom is -0.491 e. The number of hydrogen-bond acceptors (Lipinski definition) is 3. The van der Waals surface area contributed by atoms with Gasteiger partial charge in [0.1, 0.15) is 0 Å². The quantitative estimate of drug-likeness (QED) is 0.700. The predicted octanol–water partition coefficient (Wildman–Crippen LogP) is 1.86. The molecule has 16 heavy (non-hydrogen) atoms. The number of halogens is 1. The van der Waals surface area contributed by atoms with Gasteiger partial charge in [0.2, 0.25) is 0 Å². The van der Waals surface area contributed by atoms with Crippen molar-refractivity contribution in [1.82, 2.24) is 0 Å². The highest BCUT2D eigenvalue weighted by Gasteiger charge is 2.03. The highest BCUT2D eigenvalue weighted by Crippen LogP contribution is 2.18. The zero-order chi connectivity index (χ0) is 11.8. The Morgan fingerprint density at radius 1 is 1.12 bits per heavy atom. The molecular weight excluding hydrogens is 211 g/mol. The van der Waals surface area contributed by atoms with Crippen molar-refractivity contribution in [2.45, 2.75) is 25.9 Å². The normalized spacial score (nSPS) is 10.4. The Hall–Kier alpha value is -1.13. The first kappa shape index (κ1) is 12.9. The van der Waals surface area contributed by atoms with Crippen LogP contribution in [0.5, 0.6) is 5.75 Å². The fraction of sp³-hybridized carbons (Fsp3) is 0.500. The minimum atomic E-state index is -0.450. The smallest absolute Gasteiger partial charge is 0.165 e. The number of aliphatic hydroxyl groups excluding tert-OH is 2. The van der Waals surface area contributed by atoms with E-state index in [1.165, 1.54) is 12.1 Å². The van der Waals surface area contributed by atoms with E-state index in [2.05, 4.69) is 0 Å². The van der Waals surface area contributed by atoms with Crippen molar-refractivity contribution in [2.24, 2.45) is 0 Å². The van der Waals surface area contributed by atoms with Gasteiger partial charge in [-0.15, -0.1) is 0 Å². The Balaban J connectivity index is 2.36. The summed E-state index contributed by atoms with van der Waals surface area (Å²) in [5.74, 6) is -0.241. The van der Waals surface area contributed by atoms with Gasteiger partial charge in [0.15, 0.2) is 11.6 Å². The second-order valence-corrected chi connectivity index (χ2v) is 3.56. The third kappa shape index (κ3) is 4.16. The zero-order valence-electron chi connectivity index (χ0n) is 9.16. The van der Waals surface area contributed by atoms with Crippen molar-refractivity contribution in [3.63, 3.8) is 0 Å². The summed E-state index contributed by atoms with van der Waals surface area (Å²) in [7, 11) is 0. The number of unbranched alkanes of at least 4 members (excludes halogenated alkanes) is 2. The summed E-state index contributed by atoms with van der Waals surface area (Å²) in [4.78, 5) is 0. The van der Waals surface area contributed by atoms with Gasteiger partial charge >= 0.3 is 0 Å². The molecule has 0 fully saturated rings. The van der Waals surface area contributed by atoms with Gasteiger partial charge < -0.3 is 14.9 Å². The molecule has 1 aromatic carbocycles. The second-order valence-electron chi connectivity index (χ2n) is 3.56. The molecule has 0 bridgehead atoms. The molecule has 4 heteroatoms. The Morgan fingerprint density at radius 2 is 1.94 bits per heavy atom. The SMILES string of the molecule is OCCCCCOc1ccc(CO)cc1F. The summed E-state index contributed by atoms with van der Waals surface area (Å²) in [6, 6.07) is 4.42. The van der Waals surface area contributed by atoms with Crippen LogP contribution in [0.15, 0.2) is 18.2 Å².